The molecule has 0 saturated carbocycles. The number of hydrogen-bond acceptors (Lipinski definition) is 2. The molecule has 3 aromatic rings. The summed E-state index contributed by atoms with van der Waals surface area (Å²) in [5.74, 6) is 0.912. The highest BCUT2D eigenvalue weighted by molar-refractivity contribution is 7.15. The van der Waals surface area contributed by atoms with Crippen LogP contribution >= 0.6 is 11.3 Å². The number of hydrogen-bond donors (Lipinski definition) is 0. The fraction of sp³-hybridized carbons (Fsp3) is 0.308. The Balaban J connectivity index is 1.61. The molecule has 0 spiro atoms. The molecule has 0 radical (unpaired) electrons. The Morgan fingerprint density at radius 3 is 2.11 bits per heavy atom. The van der Waals surface area contributed by atoms with Crippen LogP contribution in [-0.4, -0.2) is 6.61 Å². The standard InChI is InChI=1S/C26H30OS/c1-3-5-7-9-25-18-19-26(28-25)23-12-10-21(11-13-23)22-14-16-24(17-15-22)27-20-8-6-4-2/h6,8,10-19H,3-5,7,9,20H2,1-2H3/b8-6+. The van der Waals surface area contributed by atoms with Crippen molar-refractivity contribution >= 4 is 11.3 Å². The van der Waals surface area contributed by atoms with Crippen molar-refractivity contribution in [2.24, 2.45) is 0 Å². The molecule has 0 unspecified atom stereocenters. The zero-order valence-corrected chi connectivity index (χ0v) is 17.8. The molecular weight excluding hydrogens is 360 g/mol. The van der Waals surface area contributed by atoms with E-state index < -0.39 is 0 Å². The van der Waals surface area contributed by atoms with Gasteiger partial charge in [-0.2, -0.15) is 0 Å². The minimum absolute atomic E-state index is 0.628. The quantitative estimate of drug-likeness (QED) is 0.250. The summed E-state index contributed by atoms with van der Waals surface area (Å²) < 4.78 is 5.73. The van der Waals surface area contributed by atoms with Crippen LogP contribution in [0.1, 0.15) is 44.4 Å². The molecule has 2 heteroatoms. The summed E-state index contributed by atoms with van der Waals surface area (Å²) in [6, 6.07) is 21.8. The molecule has 3 rings (SSSR count). The van der Waals surface area contributed by atoms with E-state index in [2.05, 4.69) is 74.5 Å². The highest BCUT2D eigenvalue weighted by Crippen LogP contribution is 2.31. The second-order valence-corrected chi connectivity index (χ2v) is 8.18. The molecule has 1 heterocycles. The third kappa shape index (κ3) is 5.84. The zero-order valence-electron chi connectivity index (χ0n) is 17.0. The number of aryl methyl sites for hydroxylation is 1. The summed E-state index contributed by atoms with van der Waals surface area (Å²) >= 11 is 1.93. The Kier molecular flexibility index (Phi) is 7.93. The smallest absolute Gasteiger partial charge is 0.119 e. The van der Waals surface area contributed by atoms with Crippen molar-refractivity contribution in [3.05, 3.63) is 77.7 Å². The molecule has 0 atom stereocenters. The summed E-state index contributed by atoms with van der Waals surface area (Å²) in [4.78, 5) is 2.86. The van der Waals surface area contributed by atoms with Crippen molar-refractivity contribution in [1.29, 1.82) is 0 Å². The molecule has 146 valence electrons. The molecular formula is C26H30OS. The third-order valence-electron chi connectivity index (χ3n) is 4.79. The minimum Gasteiger partial charge on any atom is -0.490 e. The summed E-state index contributed by atoms with van der Waals surface area (Å²) in [5.41, 5.74) is 3.76. The van der Waals surface area contributed by atoms with Gasteiger partial charge in [-0.05, 0) is 60.2 Å². The van der Waals surface area contributed by atoms with Gasteiger partial charge in [0.05, 0.1) is 0 Å². The molecule has 2 aromatic carbocycles. The fourth-order valence-corrected chi connectivity index (χ4v) is 4.22. The Bertz CT molecular complexity index is 856. The van der Waals surface area contributed by atoms with Crippen LogP contribution in [-0.2, 0) is 6.42 Å². The summed E-state index contributed by atoms with van der Waals surface area (Å²) in [7, 11) is 0. The van der Waals surface area contributed by atoms with Crippen molar-refractivity contribution in [2.45, 2.75) is 46.0 Å². The van der Waals surface area contributed by atoms with Crippen LogP contribution in [0.2, 0.25) is 0 Å². The maximum Gasteiger partial charge on any atom is 0.119 e. The van der Waals surface area contributed by atoms with E-state index in [0.29, 0.717) is 6.61 Å². The molecule has 0 aliphatic carbocycles. The van der Waals surface area contributed by atoms with E-state index in [1.165, 1.54) is 52.1 Å². The molecule has 0 aliphatic rings. The van der Waals surface area contributed by atoms with E-state index in [1.807, 2.05) is 23.5 Å². The van der Waals surface area contributed by atoms with Gasteiger partial charge in [0.15, 0.2) is 0 Å². The van der Waals surface area contributed by atoms with Crippen LogP contribution < -0.4 is 4.74 Å². The van der Waals surface area contributed by atoms with E-state index in [1.54, 1.807) is 0 Å². The first-order chi connectivity index (χ1) is 13.8. The number of benzene rings is 2. The summed E-state index contributed by atoms with van der Waals surface area (Å²) in [5, 5.41) is 0. The average Bonchev–Trinajstić information content (AvgIpc) is 3.21. The lowest BCUT2D eigenvalue weighted by atomic mass is 10.0. The minimum atomic E-state index is 0.628. The maximum absolute atomic E-state index is 5.73. The van der Waals surface area contributed by atoms with Crippen molar-refractivity contribution in [2.75, 3.05) is 6.61 Å². The lowest BCUT2D eigenvalue weighted by Gasteiger charge is -2.06. The van der Waals surface area contributed by atoms with Crippen molar-refractivity contribution < 1.29 is 4.74 Å². The van der Waals surface area contributed by atoms with Gasteiger partial charge in [-0.25, -0.2) is 0 Å². The molecule has 0 saturated heterocycles. The van der Waals surface area contributed by atoms with Crippen LogP contribution in [0.25, 0.3) is 21.6 Å². The first-order valence-electron chi connectivity index (χ1n) is 10.4. The van der Waals surface area contributed by atoms with Crippen molar-refractivity contribution in [3.63, 3.8) is 0 Å². The number of rotatable bonds is 10. The Morgan fingerprint density at radius 2 is 1.43 bits per heavy atom. The molecule has 0 aliphatic heterocycles. The van der Waals surface area contributed by atoms with Gasteiger partial charge in [0, 0.05) is 9.75 Å². The SMILES string of the molecule is CC/C=C/COc1ccc(-c2ccc(-c3ccc(CCCCC)s3)cc2)cc1. The number of unbranched alkanes of at least 4 members (excludes halogenated alkanes) is 2. The molecule has 0 fully saturated rings. The Morgan fingerprint density at radius 1 is 0.750 bits per heavy atom. The molecule has 0 bridgehead atoms. The summed E-state index contributed by atoms with van der Waals surface area (Å²) in [6.07, 6.45) is 10.3. The van der Waals surface area contributed by atoms with Gasteiger partial charge in [0.25, 0.3) is 0 Å². The van der Waals surface area contributed by atoms with Crippen LogP contribution in [0, 0.1) is 0 Å². The topological polar surface area (TPSA) is 9.23 Å². The molecule has 0 amide bonds. The van der Waals surface area contributed by atoms with Gasteiger partial charge >= 0.3 is 0 Å². The third-order valence-corrected chi connectivity index (χ3v) is 5.99. The molecule has 1 nitrogen and oxygen atoms in total. The summed E-state index contributed by atoms with van der Waals surface area (Å²) in [6.45, 7) is 5.01. The average molecular weight is 391 g/mol. The predicted octanol–water partition coefficient (Wildman–Crippen LogP) is 8.16. The second-order valence-electron chi connectivity index (χ2n) is 7.02. The van der Waals surface area contributed by atoms with Crippen molar-refractivity contribution in [1.82, 2.24) is 0 Å². The highest BCUT2D eigenvalue weighted by atomic mass is 32.1. The molecule has 28 heavy (non-hydrogen) atoms. The van der Waals surface area contributed by atoms with Crippen LogP contribution in [0.15, 0.2) is 72.8 Å². The Labute approximate surface area is 173 Å². The molecule has 1 aromatic heterocycles. The van der Waals surface area contributed by atoms with Gasteiger partial charge in [0.1, 0.15) is 12.4 Å². The van der Waals surface area contributed by atoms with Gasteiger partial charge in [0.2, 0.25) is 0 Å². The van der Waals surface area contributed by atoms with Crippen molar-refractivity contribution in [3.8, 4) is 27.3 Å². The first-order valence-corrected chi connectivity index (χ1v) is 11.2. The highest BCUT2D eigenvalue weighted by Gasteiger charge is 2.04. The normalized spacial score (nSPS) is 11.2. The number of ether oxygens (including phenoxy) is 1. The second kappa shape index (κ2) is 10.9. The first kappa shape index (κ1) is 20.4. The van der Waals surface area contributed by atoms with E-state index in [4.69, 9.17) is 4.74 Å². The van der Waals surface area contributed by atoms with Gasteiger partial charge in [-0.3, -0.25) is 0 Å². The van der Waals surface area contributed by atoms with E-state index >= 15 is 0 Å². The van der Waals surface area contributed by atoms with Gasteiger partial charge in [-0.1, -0.05) is 75.2 Å². The number of thiophene rings is 1. The maximum atomic E-state index is 5.73. The predicted molar refractivity (Wildman–Crippen MR) is 123 cm³/mol. The zero-order chi connectivity index (χ0) is 19.6. The van der Waals surface area contributed by atoms with Crippen LogP contribution in [0.5, 0.6) is 5.75 Å². The lowest BCUT2D eigenvalue weighted by molar-refractivity contribution is 0.362. The number of allylic oxidation sites excluding steroid dienone is 1. The Hall–Kier alpha value is -2.32. The van der Waals surface area contributed by atoms with Crippen LogP contribution in [0.3, 0.4) is 0 Å². The lowest BCUT2D eigenvalue weighted by Crippen LogP contribution is -1.92. The van der Waals surface area contributed by atoms with E-state index in [9.17, 15) is 0 Å². The molecule has 0 N–H and O–H groups in total. The van der Waals surface area contributed by atoms with E-state index in [0.717, 1.165) is 12.2 Å². The van der Waals surface area contributed by atoms with Gasteiger partial charge < -0.3 is 4.74 Å². The van der Waals surface area contributed by atoms with Gasteiger partial charge in [-0.15, -0.1) is 11.3 Å². The monoisotopic (exact) mass is 390 g/mol. The van der Waals surface area contributed by atoms with E-state index in [-0.39, 0.29) is 0 Å². The fourth-order valence-electron chi connectivity index (χ4n) is 3.17. The van der Waals surface area contributed by atoms with Crippen LogP contribution in [0.4, 0.5) is 0 Å². The largest absolute Gasteiger partial charge is 0.490 e.